The molecule has 0 aromatic carbocycles. The Bertz CT molecular complexity index is 181. The zero-order chi connectivity index (χ0) is 10.3. The third-order valence-corrected chi connectivity index (χ3v) is 1.77. The van der Waals surface area contributed by atoms with E-state index in [1.54, 1.807) is 6.92 Å². The first-order chi connectivity index (χ1) is 6.04. The molecule has 0 spiro atoms. The molecule has 0 saturated carbocycles. The molecular formula is C10H20N2O. The lowest BCUT2D eigenvalue weighted by Crippen LogP contribution is -2.00. The van der Waals surface area contributed by atoms with Gasteiger partial charge < -0.3 is 4.79 Å². The van der Waals surface area contributed by atoms with E-state index >= 15 is 0 Å². The van der Waals surface area contributed by atoms with Crippen molar-refractivity contribution in [2.24, 2.45) is 10.2 Å². The maximum Gasteiger partial charge on any atom is 0.188 e. The van der Waals surface area contributed by atoms with Crippen LogP contribution in [0.4, 0.5) is 0 Å². The first-order valence-corrected chi connectivity index (χ1v) is 4.97. The monoisotopic (exact) mass is 184 g/mol. The molecule has 13 heavy (non-hydrogen) atoms. The lowest BCUT2D eigenvalue weighted by molar-refractivity contribution is -0.117. The minimum atomic E-state index is 0.0503. The van der Waals surface area contributed by atoms with Gasteiger partial charge in [0.15, 0.2) is 5.66 Å². The number of Topliss-reactive ketones (excluding diaryl/α,β-unsaturated/α-hetero) is 1. The van der Waals surface area contributed by atoms with Gasteiger partial charge in [-0.25, -0.2) is 0 Å². The van der Waals surface area contributed by atoms with Gasteiger partial charge in [0.1, 0.15) is 5.78 Å². The SMILES string of the molecule is CCCC(C)=O.CCCC1(C)N=N1. The summed E-state index contributed by atoms with van der Waals surface area (Å²) in [6.07, 6.45) is 4.02. The topological polar surface area (TPSA) is 41.8 Å². The molecule has 0 fully saturated rings. The second-order valence-electron chi connectivity index (χ2n) is 3.62. The van der Waals surface area contributed by atoms with Crippen molar-refractivity contribution in [1.29, 1.82) is 0 Å². The average Bonchev–Trinajstić information content (AvgIpc) is 2.69. The Morgan fingerprint density at radius 2 is 1.77 bits per heavy atom. The van der Waals surface area contributed by atoms with E-state index < -0.39 is 0 Å². The third-order valence-electron chi connectivity index (χ3n) is 1.77. The van der Waals surface area contributed by atoms with Gasteiger partial charge in [-0.05, 0) is 26.7 Å². The van der Waals surface area contributed by atoms with Crippen molar-refractivity contribution in [3.05, 3.63) is 0 Å². The molecule has 0 saturated heterocycles. The summed E-state index contributed by atoms with van der Waals surface area (Å²) in [7, 11) is 0. The molecule has 0 aliphatic carbocycles. The molecule has 76 valence electrons. The number of nitrogens with zero attached hydrogens (tertiary/aromatic N) is 2. The molecule has 0 atom stereocenters. The molecule has 3 heteroatoms. The van der Waals surface area contributed by atoms with Gasteiger partial charge in [-0.2, -0.15) is 10.2 Å². The van der Waals surface area contributed by atoms with E-state index in [4.69, 9.17) is 0 Å². The number of carbonyl (C=O) groups excluding carboxylic acids is 1. The second-order valence-corrected chi connectivity index (χ2v) is 3.62. The van der Waals surface area contributed by atoms with Gasteiger partial charge in [-0.3, -0.25) is 0 Å². The van der Waals surface area contributed by atoms with E-state index in [1.165, 1.54) is 6.42 Å². The van der Waals surface area contributed by atoms with Crippen molar-refractivity contribution < 1.29 is 4.79 Å². The van der Waals surface area contributed by atoms with Crippen molar-refractivity contribution in [3.8, 4) is 0 Å². The number of rotatable bonds is 4. The Labute approximate surface area is 80.6 Å². The molecule has 0 amide bonds. The van der Waals surface area contributed by atoms with E-state index in [0.29, 0.717) is 0 Å². The fourth-order valence-corrected chi connectivity index (χ4v) is 1.01. The molecular weight excluding hydrogens is 164 g/mol. The van der Waals surface area contributed by atoms with Crippen molar-refractivity contribution in [3.63, 3.8) is 0 Å². The molecule has 0 aromatic heterocycles. The maximum atomic E-state index is 10.0. The van der Waals surface area contributed by atoms with Crippen LogP contribution in [0.1, 0.15) is 53.4 Å². The first kappa shape index (κ1) is 12.3. The second kappa shape index (κ2) is 5.84. The highest BCUT2D eigenvalue weighted by Crippen LogP contribution is 2.31. The molecule has 0 aromatic rings. The van der Waals surface area contributed by atoms with Crippen LogP contribution in [0.15, 0.2) is 10.2 Å². The highest BCUT2D eigenvalue weighted by molar-refractivity contribution is 5.75. The third kappa shape index (κ3) is 7.62. The van der Waals surface area contributed by atoms with Gasteiger partial charge in [0.2, 0.25) is 0 Å². The summed E-state index contributed by atoms with van der Waals surface area (Å²) in [5, 5.41) is 7.70. The fourth-order valence-electron chi connectivity index (χ4n) is 1.01. The highest BCUT2D eigenvalue weighted by Gasteiger charge is 2.31. The van der Waals surface area contributed by atoms with E-state index in [-0.39, 0.29) is 11.4 Å². The highest BCUT2D eigenvalue weighted by atomic mass is 16.1. The van der Waals surface area contributed by atoms with Gasteiger partial charge in [0, 0.05) is 6.42 Å². The minimum absolute atomic E-state index is 0.0503. The Hall–Kier alpha value is -0.730. The number of ketones is 1. The maximum absolute atomic E-state index is 10.0. The number of hydrogen-bond acceptors (Lipinski definition) is 3. The van der Waals surface area contributed by atoms with Gasteiger partial charge >= 0.3 is 0 Å². The zero-order valence-corrected chi connectivity index (χ0v) is 9.13. The quantitative estimate of drug-likeness (QED) is 0.660. The lowest BCUT2D eigenvalue weighted by atomic mass is 10.1. The molecule has 0 bridgehead atoms. The normalized spacial score (nSPS) is 16.0. The van der Waals surface area contributed by atoms with Crippen LogP contribution in [0.3, 0.4) is 0 Å². The van der Waals surface area contributed by atoms with Gasteiger partial charge in [0.05, 0.1) is 0 Å². The summed E-state index contributed by atoms with van der Waals surface area (Å²) in [6, 6.07) is 0. The molecule has 1 rings (SSSR count). The van der Waals surface area contributed by atoms with Crippen LogP contribution in [0, 0.1) is 0 Å². The van der Waals surface area contributed by atoms with Crippen LogP contribution in [-0.4, -0.2) is 11.4 Å². The Morgan fingerprint density at radius 1 is 1.23 bits per heavy atom. The van der Waals surface area contributed by atoms with Crippen LogP contribution >= 0.6 is 0 Å². The summed E-state index contributed by atoms with van der Waals surface area (Å²) >= 11 is 0. The summed E-state index contributed by atoms with van der Waals surface area (Å²) in [6.45, 7) is 7.82. The van der Waals surface area contributed by atoms with Crippen molar-refractivity contribution in [2.45, 2.75) is 59.0 Å². The number of hydrogen-bond donors (Lipinski definition) is 0. The molecule has 3 nitrogen and oxygen atoms in total. The Kier molecular flexibility index (Phi) is 5.51. The molecule has 0 radical (unpaired) electrons. The van der Waals surface area contributed by atoms with Crippen LogP contribution in [0.25, 0.3) is 0 Å². The van der Waals surface area contributed by atoms with Crippen molar-refractivity contribution in [1.82, 2.24) is 0 Å². The fraction of sp³-hybridized carbons (Fsp3) is 0.900. The van der Waals surface area contributed by atoms with E-state index in [0.717, 1.165) is 19.3 Å². The predicted molar refractivity (Wildman–Crippen MR) is 53.8 cm³/mol. The number of carbonyl (C=O) groups is 1. The summed E-state index contributed by atoms with van der Waals surface area (Å²) in [5.41, 5.74) is 0.0503. The van der Waals surface area contributed by atoms with Crippen LogP contribution < -0.4 is 0 Å². The summed E-state index contributed by atoms with van der Waals surface area (Å²) in [5.74, 6) is 0.289. The van der Waals surface area contributed by atoms with Gasteiger partial charge in [-0.15, -0.1) is 0 Å². The first-order valence-electron chi connectivity index (χ1n) is 4.97. The molecule has 0 N–H and O–H groups in total. The van der Waals surface area contributed by atoms with Gasteiger partial charge in [0.25, 0.3) is 0 Å². The van der Waals surface area contributed by atoms with Crippen LogP contribution in [-0.2, 0) is 4.79 Å². The van der Waals surface area contributed by atoms with E-state index in [2.05, 4.69) is 24.1 Å². The summed E-state index contributed by atoms with van der Waals surface area (Å²) < 4.78 is 0. The average molecular weight is 184 g/mol. The molecule has 1 aliphatic rings. The Balaban J connectivity index is 0.000000226. The minimum Gasteiger partial charge on any atom is -0.300 e. The van der Waals surface area contributed by atoms with E-state index in [9.17, 15) is 4.79 Å². The molecule has 1 heterocycles. The molecule has 0 unspecified atom stereocenters. The smallest absolute Gasteiger partial charge is 0.188 e. The molecule has 1 aliphatic heterocycles. The van der Waals surface area contributed by atoms with Crippen molar-refractivity contribution in [2.75, 3.05) is 0 Å². The van der Waals surface area contributed by atoms with Gasteiger partial charge in [-0.1, -0.05) is 20.3 Å². The van der Waals surface area contributed by atoms with E-state index in [1.807, 2.05) is 6.92 Å². The lowest BCUT2D eigenvalue weighted by Gasteiger charge is -1.95. The summed E-state index contributed by atoms with van der Waals surface area (Å²) in [4.78, 5) is 10.0. The largest absolute Gasteiger partial charge is 0.300 e. The standard InChI is InChI=1S/C5H10N2.C5H10O/c1-3-4-5(2)6-7-5;1-3-4-5(2)6/h3-4H2,1-2H3;3-4H2,1-2H3. The van der Waals surface area contributed by atoms with Crippen LogP contribution in [0.5, 0.6) is 0 Å². The van der Waals surface area contributed by atoms with Crippen LogP contribution in [0.2, 0.25) is 0 Å². The predicted octanol–water partition coefficient (Wildman–Crippen LogP) is 3.34. The van der Waals surface area contributed by atoms with Crippen molar-refractivity contribution >= 4 is 5.78 Å². The Morgan fingerprint density at radius 3 is 1.85 bits per heavy atom. The zero-order valence-electron chi connectivity index (χ0n) is 9.13.